The number of benzene rings is 8. The fourth-order valence-electron chi connectivity index (χ4n) is 8.35. The molecule has 0 spiro atoms. The quantitative estimate of drug-likeness (QED) is 0.172. The van der Waals surface area contributed by atoms with E-state index in [0.29, 0.717) is 0 Å². The van der Waals surface area contributed by atoms with Gasteiger partial charge in [-0.15, -0.1) is 0 Å². The van der Waals surface area contributed by atoms with Crippen LogP contribution in [0.2, 0.25) is 0 Å². The highest BCUT2D eigenvalue weighted by Gasteiger charge is 2.13. The van der Waals surface area contributed by atoms with E-state index >= 15 is 0 Å². The number of pyridine rings is 1. The molecule has 0 aliphatic rings. The van der Waals surface area contributed by atoms with Crippen molar-refractivity contribution >= 4 is 43.7 Å². The van der Waals surface area contributed by atoms with Crippen LogP contribution in [-0.2, 0) is 0 Å². The zero-order valence-corrected chi connectivity index (χ0v) is 30.4. The first-order valence-electron chi connectivity index (χ1n) is 19.0. The summed E-state index contributed by atoms with van der Waals surface area (Å²) in [6.07, 6.45) is 3.60. The molecule has 3 aromatic heterocycles. The van der Waals surface area contributed by atoms with Gasteiger partial charge in [0, 0.05) is 33.4 Å². The minimum atomic E-state index is 0.809. The molecule has 262 valence electrons. The Balaban J connectivity index is 0.907. The summed E-state index contributed by atoms with van der Waals surface area (Å²) in [4.78, 5) is 4.23. The molecule has 0 saturated carbocycles. The lowest BCUT2D eigenvalue weighted by molar-refractivity contribution is 0.667. The van der Waals surface area contributed by atoms with Crippen molar-refractivity contribution in [2.75, 3.05) is 0 Å². The highest BCUT2D eigenvalue weighted by molar-refractivity contribution is 6.09. The third-order valence-electron chi connectivity index (χ3n) is 11.1. The van der Waals surface area contributed by atoms with E-state index in [1.807, 2.05) is 12.3 Å². The number of fused-ring (bicyclic) bond motifs is 6. The van der Waals surface area contributed by atoms with Crippen LogP contribution in [0.5, 0.6) is 0 Å². The van der Waals surface area contributed by atoms with E-state index in [1.165, 1.54) is 71.9 Å². The lowest BCUT2D eigenvalue weighted by atomic mass is 9.94. The first kappa shape index (κ1) is 32.0. The molecule has 0 unspecified atom stereocenters. The van der Waals surface area contributed by atoms with Gasteiger partial charge in [0.15, 0.2) is 5.58 Å². The lowest BCUT2D eigenvalue weighted by Crippen LogP contribution is -1.94. The van der Waals surface area contributed by atoms with Gasteiger partial charge in [-0.05, 0) is 122 Å². The standard InChI is InChI=1S/C53H34N2O/c1-3-22-50-46(20-1)47-21-2-4-23-51(47)55(50)45-19-9-18-43(32-45)41-16-7-14-39(30-41)37-12-5-10-35(28-37)36-11-6-13-38(29-36)40-15-8-17-42(31-40)44-24-25-52-49(33-44)48-26-27-54-34-53(48)56-52/h1-34H. The largest absolute Gasteiger partial charge is 0.454 e. The average molecular weight is 715 g/mol. The number of hydrogen-bond acceptors (Lipinski definition) is 2. The molecule has 11 rings (SSSR count). The summed E-state index contributed by atoms with van der Waals surface area (Å²) in [6.45, 7) is 0. The van der Waals surface area contributed by atoms with Gasteiger partial charge in [0.2, 0.25) is 0 Å². The summed E-state index contributed by atoms with van der Waals surface area (Å²) in [7, 11) is 0. The number of para-hydroxylation sites is 2. The van der Waals surface area contributed by atoms with E-state index in [1.54, 1.807) is 6.20 Å². The molecule has 0 radical (unpaired) electrons. The number of aromatic nitrogens is 2. The highest BCUT2D eigenvalue weighted by Crippen LogP contribution is 2.37. The second kappa shape index (κ2) is 13.1. The monoisotopic (exact) mass is 714 g/mol. The van der Waals surface area contributed by atoms with Crippen molar-refractivity contribution in [3.63, 3.8) is 0 Å². The Morgan fingerprint density at radius 1 is 0.321 bits per heavy atom. The minimum Gasteiger partial charge on any atom is -0.454 e. The molecule has 0 fully saturated rings. The molecule has 3 heterocycles. The third-order valence-corrected chi connectivity index (χ3v) is 11.1. The Kier molecular flexibility index (Phi) is 7.49. The Morgan fingerprint density at radius 3 is 1.29 bits per heavy atom. The van der Waals surface area contributed by atoms with Crippen LogP contribution in [0, 0.1) is 0 Å². The fraction of sp³-hybridized carbons (Fsp3) is 0. The van der Waals surface area contributed by atoms with Crippen LogP contribution in [-0.4, -0.2) is 9.55 Å². The molecule has 56 heavy (non-hydrogen) atoms. The zero-order chi connectivity index (χ0) is 37.0. The molecule has 11 aromatic rings. The van der Waals surface area contributed by atoms with Crippen LogP contribution in [0.4, 0.5) is 0 Å². The van der Waals surface area contributed by atoms with Crippen LogP contribution in [0.15, 0.2) is 211 Å². The Labute approximate surface area is 324 Å². The summed E-state index contributed by atoms with van der Waals surface area (Å²) >= 11 is 0. The maximum Gasteiger partial charge on any atom is 0.153 e. The summed E-state index contributed by atoms with van der Waals surface area (Å²) in [5.74, 6) is 0. The van der Waals surface area contributed by atoms with E-state index in [-0.39, 0.29) is 0 Å². The number of nitrogens with zero attached hydrogens (tertiary/aromatic N) is 2. The first-order chi connectivity index (χ1) is 27.7. The summed E-state index contributed by atoms with van der Waals surface area (Å²) in [5.41, 5.74) is 17.1. The van der Waals surface area contributed by atoms with E-state index in [9.17, 15) is 0 Å². The van der Waals surface area contributed by atoms with Crippen molar-refractivity contribution in [1.29, 1.82) is 0 Å². The molecular weight excluding hydrogens is 681 g/mol. The van der Waals surface area contributed by atoms with Crippen molar-refractivity contribution in [1.82, 2.24) is 9.55 Å². The molecular formula is C53H34N2O. The van der Waals surface area contributed by atoms with Gasteiger partial charge in [0.1, 0.15) is 5.58 Å². The van der Waals surface area contributed by atoms with E-state index in [4.69, 9.17) is 4.42 Å². The number of hydrogen-bond donors (Lipinski definition) is 0. The van der Waals surface area contributed by atoms with Gasteiger partial charge in [0.05, 0.1) is 17.2 Å². The van der Waals surface area contributed by atoms with Crippen LogP contribution in [0.25, 0.3) is 105 Å². The lowest BCUT2D eigenvalue weighted by Gasteiger charge is -2.12. The minimum absolute atomic E-state index is 0.809. The molecule has 0 bridgehead atoms. The normalized spacial score (nSPS) is 11.6. The summed E-state index contributed by atoms with van der Waals surface area (Å²) < 4.78 is 8.41. The van der Waals surface area contributed by atoms with Crippen molar-refractivity contribution in [2.45, 2.75) is 0 Å². The summed E-state index contributed by atoms with van der Waals surface area (Å²) in [5, 5.41) is 4.72. The van der Waals surface area contributed by atoms with E-state index in [2.05, 4.69) is 198 Å². The van der Waals surface area contributed by atoms with Crippen molar-refractivity contribution in [3.05, 3.63) is 207 Å². The number of furan rings is 1. The zero-order valence-electron chi connectivity index (χ0n) is 30.4. The molecule has 8 aromatic carbocycles. The van der Waals surface area contributed by atoms with Crippen LogP contribution in [0.1, 0.15) is 0 Å². The van der Waals surface area contributed by atoms with Crippen LogP contribution >= 0.6 is 0 Å². The highest BCUT2D eigenvalue weighted by atomic mass is 16.3. The molecule has 0 amide bonds. The third kappa shape index (κ3) is 5.49. The van der Waals surface area contributed by atoms with E-state index in [0.717, 1.165) is 33.2 Å². The first-order valence-corrected chi connectivity index (χ1v) is 19.0. The van der Waals surface area contributed by atoms with Gasteiger partial charge in [-0.2, -0.15) is 0 Å². The molecule has 0 saturated heterocycles. The predicted molar refractivity (Wildman–Crippen MR) is 233 cm³/mol. The average Bonchev–Trinajstić information content (AvgIpc) is 3.82. The molecule has 3 heteroatoms. The van der Waals surface area contributed by atoms with Crippen molar-refractivity contribution < 1.29 is 4.42 Å². The Bertz CT molecular complexity index is 3220. The predicted octanol–water partition coefficient (Wildman–Crippen LogP) is 14.4. The molecule has 3 nitrogen and oxygen atoms in total. The topological polar surface area (TPSA) is 31.0 Å². The van der Waals surface area contributed by atoms with Gasteiger partial charge < -0.3 is 8.98 Å². The molecule has 0 atom stereocenters. The molecule has 0 aliphatic carbocycles. The van der Waals surface area contributed by atoms with Gasteiger partial charge in [-0.1, -0.05) is 127 Å². The van der Waals surface area contributed by atoms with Crippen LogP contribution in [0.3, 0.4) is 0 Å². The number of rotatable bonds is 6. The fourth-order valence-corrected chi connectivity index (χ4v) is 8.35. The second-order valence-corrected chi connectivity index (χ2v) is 14.4. The van der Waals surface area contributed by atoms with Crippen molar-refractivity contribution in [2.24, 2.45) is 0 Å². The van der Waals surface area contributed by atoms with Gasteiger partial charge in [0.25, 0.3) is 0 Å². The van der Waals surface area contributed by atoms with Crippen molar-refractivity contribution in [3.8, 4) is 61.3 Å². The van der Waals surface area contributed by atoms with E-state index < -0.39 is 0 Å². The smallest absolute Gasteiger partial charge is 0.153 e. The molecule has 0 aliphatic heterocycles. The summed E-state index contributed by atoms with van der Waals surface area (Å²) in [6, 6.07) is 70.1. The van der Waals surface area contributed by atoms with Gasteiger partial charge in [-0.3, -0.25) is 4.98 Å². The SMILES string of the molecule is c1cc(-c2cccc(-c3cccc(-c4ccc5oc6cnccc6c5c4)c3)c2)cc(-c2cccc(-c3cccc(-n4c5ccccc5c5ccccc54)c3)c2)c1. The Morgan fingerprint density at radius 2 is 0.768 bits per heavy atom. The maximum absolute atomic E-state index is 6.03. The second-order valence-electron chi connectivity index (χ2n) is 14.4. The Hall–Kier alpha value is -7.49. The van der Waals surface area contributed by atoms with Crippen LogP contribution < -0.4 is 0 Å². The maximum atomic E-state index is 6.03. The van der Waals surface area contributed by atoms with Gasteiger partial charge in [-0.25, -0.2) is 0 Å². The molecule has 0 N–H and O–H groups in total. The van der Waals surface area contributed by atoms with Gasteiger partial charge >= 0.3 is 0 Å².